The van der Waals surface area contributed by atoms with Crippen LogP contribution < -0.4 is 5.73 Å². The zero-order valence-corrected chi connectivity index (χ0v) is 11.7. The number of nitrogens with zero attached hydrogens (tertiary/aromatic N) is 2. The molecular formula is C15H23N3O. The van der Waals surface area contributed by atoms with Crippen LogP contribution in [0.3, 0.4) is 0 Å². The van der Waals surface area contributed by atoms with Crippen molar-refractivity contribution in [3.63, 3.8) is 0 Å². The smallest absolute Gasteiger partial charge is 0.170 e. The molecule has 0 bridgehead atoms. The lowest BCUT2D eigenvalue weighted by atomic mass is 9.94. The monoisotopic (exact) mass is 261 g/mol. The van der Waals surface area contributed by atoms with Gasteiger partial charge < -0.3 is 10.9 Å². The Kier molecular flexibility index (Phi) is 4.43. The molecule has 0 saturated carbocycles. The van der Waals surface area contributed by atoms with Gasteiger partial charge in [-0.1, -0.05) is 36.3 Å². The number of nitrogens with two attached hydrogens (primary N) is 1. The molecule has 1 aromatic rings. The van der Waals surface area contributed by atoms with E-state index in [1.165, 1.54) is 12.8 Å². The van der Waals surface area contributed by atoms with Gasteiger partial charge in [-0.15, -0.1) is 0 Å². The Bertz CT molecular complexity index is 458. The van der Waals surface area contributed by atoms with E-state index in [0.29, 0.717) is 6.04 Å². The average Bonchev–Trinajstić information content (AvgIpc) is 2.42. The van der Waals surface area contributed by atoms with Gasteiger partial charge in [0.15, 0.2) is 5.84 Å². The standard InChI is InChI=1S/C15H23N3O/c1-11-7-8-12(2)18(9-11)10-13-5-3-4-6-14(13)15(16)17-19/h3-6,11-12,19H,7-10H2,1-2H3,(H2,16,17). The van der Waals surface area contributed by atoms with E-state index in [9.17, 15) is 0 Å². The van der Waals surface area contributed by atoms with E-state index in [0.717, 1.165) is 30.1 Å². The number of hydrogen-bond acceptors (Lipinski definition) is 3. The Balaban J connectivity index is 2.18. The van der Waals surface area contributed by atoms with E-state index in [4.69, 9.17) is 10.9 Å². The predicted molar refractivity (Wildman–Crippen MR) is 77.2 cm³/mol. The van der Waals surface area contributed by atoms with Gasteiger partial charge in [-0.25, -0.2) is 0 Å². The zero-order chi connectivity index (χ0) is 13.8. The molecule has 19 heavy (non-hydrogen) atoms. The van der Waals surface area contributed by atoms with Gasteiger partial charge in [0.1, 0.15) is 0 Å². The van der Waals surface area contributed by atoms with Gasteiger partial charge in [0, 0.05) is 24.7 Å². The highest BCUT2D eigenvalue weighted by Gasteiger charge is 2.23. The van der Waals surface area contributed by atoms with Gasteiger partial charge in [0.2, 0.25) is 0 Å². The van der Waals surface area contributed by atoms with Crippen molar-refractivity contribution in [2.24, 2.45) is 16.8 Å². The molecule has 2 rings (SSSR count). The highest BCUT2D eigenvalue weighted by atomic mass is 16.4. The Morgan fingerprint density at radius 3 is 2.84 bits per heavy atom. The third kappa shape index (κ3) is 3.26. The highest BCUT2D eigenvalue weighted by molar-refractivity contribution is 5.98. The SMILES string of the molecule is CC1CCC(C)N(Cc2ccccc2C(N)=NO)C1. The molecule has 0 spiro atoms. The van der Waals surface area contributed by atoms with Crippen LogP contribution in [0.2, 0.25) is 0 Å². The summed E-state index contributed by atoms with van der Waals surface area (Å²) in [5.41, 5.74) is 7.70. The van der Waals surface area contributed by atoms with Crippen molar-refractivity contribution in [1.82, 2.24) is 4.90 Å². The van der Waals surface area contributed by atoms with E-state index in [1.54, 1.807) is 0 Å². The number of rotatable bonds is 3. The number of oxime groups is 1. The lowest BCUT2D eigenvalue weighted by Gasteiger charge is -2.37. The van der Waals surface area contributed by atoms with E-state index in [1.807, 2.05) is 18.2 Å². The quantitative estimate of drug-likeness (QED) is 0.380. The molecule has 1 fully saturated rings. The van der Waals surface area contributed by atoms with Crippen LogP contribution in [0.25, 0.3) is 0 Å². The van der Waals surface area contributed by atoms with Crippen molar-refractivity contribution >= 4 is 5.84 Å². The Morgan fingerprint density at radius 1 is 1.37 bits per heavy atom. The molecule has 2 unspecified atom stereocenters. The maximum atomic E-state index is 8.86. The van der Waals surface area contributed by atoms with Gasteiger partial charge in [-0.3, -0.25) is 4.90 Å². The second-order valence-electron chi connectivity index (χ2n) is 5.60. The molecular weight excluding hydrogens is 238 g/mol. The van der Waals surface area contributed by atoms with Crippen LogP contribution in [0.15, 0.2) is 29.4 Å². The lowest BCUT2D eigenvalue weighted by molar-refractivity contribution is 0.117. The fraction of sp³-hybridized carbons (Fsp3) is 0.533. The highest BCUT2D eigenvalue weighted by Crippen LogP contribution is 2.24. The van der Waals surface area contributed by atoms with Crippen LogP contribution in [0.1, 0.15) is 37.8 Å². The predicted octanol–water partition coefficient (Wildman–Crippen LogP) is 2.40. The minimum atomic E-state index is 0.188. The number of piperidine rings is 1. The molecule has 0 radical (unpaired) electrons. The fourth-order valence-electron chi connectivity index (χ4n) is 2.78. The summed E-state index contributed by atoms with van der Waals surface area (Å²) in [6, 6.07) is 8.47. The first kappa shape index (κ1) is 13.9. The van der Waals surface area contributed by atoms with Gasteiger partial charge >= 0.3 is 0 Å². The van der Waals surface area contributed by atoms with Gasteiger partial charge in [0.25, 0.3) is 0 Å². The third-order valence-electron chi connectivity index (χ3n) is 4.02. The van der Waals surface area contributed by atoms with Crippen LogP contribution in [-0.2, 0) is 6.54 Å². The van der Waals surface area contributed by atoms with Crippen LogP contribution in [-0.4, -0.2) is 28.5 Å². The van der Waals surface area contributed by atoms with Crippen molar-refractivity contribution in [3.05, 3.63) is 35.4 Å². The van der Waals surface area contributed by atoms with Crippen LogP contribution in [0, 0.1) is 5.92 Å². The summed E-state index contributed by atoms with van der Waals surface area (Å²) in [5.74, 6) is 0.931. The summed E-state index contributed by atoms with van der Waals surface area (Å²) >= 11 is 0. The number of hydrogen-bond donors (Lipinski definition) is 2. The Morgan fingerprint density at radius 2 is 2.11 bits per heavy atom. The molecule has 0 aromatic heterocycles. The van der Waals surface area contributed by atoms with Crippen molar-refractivity contribution < 1.29 is 5.21 Å². The topological polar surface area (TPSA) is 61.8 Å². The molecule has 1 aliphatic heterocycles. The van der Waals surface area contributed by atoms with E-state index >= 15 is 0 Å². The summed E-state index contributed by atoms with van der Waals surface area (Å²) < 4.78 is 0. The largest absolute Gasteiger partial charge is 0.409 e. The first-order valence-corrected chi connectivity index (χ1v) is 6.91. The van der Waals surface area contributed by atoms with Crippen LogP contribution in [0.4, 0.5) is 0 Å². The lowest BCUT2D eigenvalue weighted by Crippen LogP contribution is -2.40. The Labute approximate surface area is 114 Å². The van der Waals surface area contributed by atoms with Gasteiger partial charge in [-0.2, -0.15) is 0 Å². The summed E-state index contributed by atoms with van der Waals surface area (Å²) in [6.07, 6.45) is 2.55. The second kappa shape index (κ2) is 6.06. The van der Waals surface area contributed by atoms with Crippen molar-refractivity contribution in [3.8, 4) is 0 Å². The zero-order valence-electron chi connectivity index (χ0n) is 11.7. The maximum Gasteiger partial charge on any atom is 0.170 e. The molecule has 2 atom stereocenters. The first-order chi connectivity index (χ1) is 9.11. The fourth-order valence-corrected chi connectivity index (χ4v) is 2.78. The summed E-state index contributed by atoms with van der Waals surface area (Å²) in [6.45, 7) is 6.55. The van der Waals surface area contributed by atoms with E-state index in [-0.39, 0.29) is 5.84 Å². The number of amidine groups is 1. The van der Waals surface area contributed by atoms with Gasteiger partial charge in [-0.05, 0) is 31.2 Å². The third-order valence-corrected chi connectivity index (χ3v) is 4.02. The molecule has 3 N–H and O–H groups in total. The molecule has 1 aromatic carbocycles. The maximum absolute atomic E-state index is 8.86. The van der Waals surface area contributed by atoms with E-state index in [2.05, 4.69) is 30.0 Å². The summed E-state index contributed by atoms with van der Waals surface area (Å²) in [7, 11) is 0. The molecule has 1 aliphatic rings. The van der Waals surface area contributed by atoms with Crippen LogP contribution >= 0.6 is 0 Å². The first-order valence-electron chi connectivity index (χ1n) is 6.91. The average molecular weight is 261 g/mol. The minimum Gasteiger partial charge on any atom is -0.409 e. The molecule has 0 amide bonds. The van der Waals surface area contributed by atoms with Crippen LogP contribution in [0.5, 0.6) is 0 Å². The van der Waals surface area contributed by atoms with Crippen molar-refractivity contribution in [2.75, 3.05) is 6.54 Å². The normalized spacial score (nSPS) is 25.5. The minimum absolute atomic E-state index is 0.188. The molecule has 0 aliphatic carbocycles. The summed E-state index contributed by atoms with van der Waals surface area (Å²) in [5, 5.41) is 12.0. The molecule has 1 saturated heterocycles. The number of likely N-dealkylation sites (tertiary alicyclic amines) is 1. The molecule has 104 valence electrons. The second-order valence-corrected chi connectivity index (χ2v) is 5.60. The van der Waals surface area contributed by atoms with E-state index < -0.39 is 0 Å². The number of benzene rings is 1. The van der Waals surface area contributed by atoms with Gasteiger partial charge in [0.05, 0.1) is 0 Å². The molecule has 4 nitrogen and oxygen atoms in total. The van der Waals surface area contributed by atoms with Crippen molar-refractivity contribution in [1.29, 1.82) is 0 Å². The molecule has 1 heterocycles. The molecule has 4 heteroatoms. The summed E-state index contributed by atoms with van der Waals surface area (Å²) in [4.78, 5) is 2.48. The Hall–Kier alpha value is -1.55. The van der Waals surface area contributed by atoms with Crippen molar-refractivity contribution in [2.45, 2.75) is 39.3 Å².